The molecule has 1 aromatic carbocycles. The lowest BCUT2D eigenvalue weighted by atomic mass is 9.97. The average molecular weight is 369 g/mol. The Bertz CT molecular complexity index is 815. The van der Waals surface area contributed by atoms with Crippen molar-refractivity contribution >= 4 is 11.9 Å². The number of primary amides is 1. The number of aryl methyl sites for hydroxylation is 1. The van der Waals surface area contributed by atoms with Gasteiger partial charge in [-0.3, -0.25) is 9.48 Å². The smallest absolute Gasteiger partial charge is 0.314 e. The highest BCUT2D eigenvalue weighted by Crippen LogP contribution is 2.18. The molecule has 0 unspecified atom stereocenters. The number of piperidine rings is 1. The minimum atomic E-state index is -0.457. The van der Waals surface area contributed by atoms with Crippen molar-refractivity contribution in [2.24, 2.45) is 11.7 Å². The monoisotopic (exact) mass is 369 g/mol. The summed E-state index contributed by atoms with van der Waals surface area (Å²) < 4.78 is 1.97. The Morgan fingerprint density at radius 3 is 2.70 bits per heavy atom. The van der Waals surface area contributed by atoms with E-state index in [1.165, 1.54) is 5.56 Å². The van der Waals surface area contributed by atoms with E-state index in [1.54, 1.807) is 4.90 Å². The maximum atomic E-state index is 12.5. The molecule has 0 bridgehead atoms. The van der Waals surface area contributed by atoms with Gasteiger partial charge in [0, 0.05) is 30.9 Å². The highest BCUT2D eigenvalue weighted by Gasteiger charge is 2.27. The quantitative estimate of drug-likeness (QED) is 0.844. The first-order valence-electron chi connectivity index (χ1n) is 9.34. The minimum Gasteiger partial charge on any atom is -0.352 e. The second-order valence-electron chi connectivity index (χ2n) is 7.13. The molecule has 27 heavy (non-hydrogen) atoms. The summed E-state index contributed by atoms with van der Waals surface area (Å²) in [5, 5.41) is 7.64. The minimum absolute atomic E-state index is 0.0319. The Morgan fingerprint density at radius 1 is 1.26 bits per heavy atom. The Hall–Kier alpha value is -2.83. The normalized spacial score (nSPS) is 17.0. The molecule has 7 heteroatoms. The first-order valence-corrected chi connectivity index (χ1v) is 9.34. The number of aromatic nitrogens is 2. The molecule has 2 aromatic rings. The summed E-state index contributed by atoms with van der Waals surface area (Å²) in [6.45, 7) is 6.16. The van der Waals surface area contributed by atoms with Crippen LogP contribution in [0.15, 0.2) is 30.3 Å². The largest absolute Gasteiger partial charge is 0.352 e. The van der Waals surface area contributed by atoms with Crippen LogP contribution in [-0.2, 0) is 17.9 Å². The topological polar surface area (TPSA) is 93.2 Å². The van der Waals surface area contributed by atoms with Gasteiger partial charge in [0.25, 0.3) is 0 Å². The molecule has 3 N–H and O–H groups in total. The van der Waals surface area contributed by atoms with Crippen molar-refractivity contribution in [3.05, 3.63) is 52.8 Å². The number of carbonyl (C=O) groups excluding carboxylic acids is 2. The van der Waals surface area contributed by atoms with Crippen LogP contribution in [0.5, 0.6) is 0 Å². The number of carbonyl (C=O) groups is 2. The maximum absolute atomic E-state index is 12.5. The van der Waals surface area contributed by atoms with Crippen LogP contribution in [0.25, 0.3) is 0 Å². The third-order valence-electron chi connectivity index (χ3n) is 5.25. The number of hydrogen-bond acceptors (Lipinski definition) is 3. The van der Waals surface area contributed by atoms with Gasteiger partial charge in [-0.1, -0.05) is 30.3 Å². The fourth-order valence-electron chi connectivity index (χ4n) is 3.61. The summed E-state index contributed by atoms with van der Waals surface area (Å²) in [5.74, 6) is -0.234. The molecule has 1 aliphatic heterocycles. The van der Waals surface area contributed by atoms with E-state index in [4.69, 9.17) is 5.73 Å². The molecule has 0 radical (unpaired) electrons. The number of rotatable bonds is 5. The van der Waals surface area contributed by atoms with Gasteiger partial charge in [-0.05, 0) is 32.3 Å². The third-order valence-corrected chi connectivity index (χ3v) is 5.25. The van der Waals surface area contributed by atoms with Gasteiger partial charge in [0.15, 0.2) is 0 Å². The number of benzene rings is 1. The van der Waals surface area contributed by atoms with Gasteiger partial charge in [-0.15, -0.1) is 0 Å². The SMILES string of the molecule is Cc1nn(Cc2ccccc2)c(C)c1CNC(=O)[C@@H]1CCCN(C(N)=O)C1. The summed E-state index contributed by atoms with van der Waals surface area (Å²) in [6, 6.07) is 9.72. The van der Waals surface area contributed by atoms with Gasteiger partial charge in [0.05, 0.1) is 18.2 Å². The van der Waals surface area contributed by atoms with E-state index >= 15 is 0 Å². The first-order chi connectivity index (χ1) is 13.0. The number of nitrogens with one attached hydrogen (secondary N) is 1. The summed E-state index contributed by atoms with van der Waals surface area (Å²) in [7, 11) is 0. The van der Waals surface area contributed by atoms with Crippen molar-refractivity contribution in [2.75, 3.05) is 13.1 Å². The van der Waals surface area contributed by atoms with Gasteiger partial charge in [-0.2, -0.15) is 5.10 Å². The molecular weight excluding hydrogens is 342 g/mol. The Morgan fingerprint density at radius 2 is 2.00 bits per heavy atom. The third kappa shape index (κ3) is 4.48. The molecule has 2 heterocycles. The van der Waals surface area contributed by atoms with E-state index in [9.17, 15) is 9.59 Å². The number of nitrogens with two attached hydrogens (primary N) is 1. The summed E-state index contributed by atoms with van der Waals surface area (Å²) in [5.41, 5.74) is 9.55. The van der Waals surface area contributed by atoms with Crippen LogP contribution in [0.2, 0.25) is 0 Å². The fraction of sp³-hybridized carbons (Fsp3) is 0.450. The van der Waals surface area contributed by atoms with Gasteiger partial charge in [0.2, 0.25) is 5.91 Å². The van der Waals surface area contributed by atoms with Crippen molar-refractivity contribution in [1.82, 2.24) is 20.0 Å². The van der Waals surface area contributed by atoms with E-state index < -0.39 is 6.03 Å². The molecule has 0 spiro atoms. The van der Waals surface area contributed by atoms with Gasteiger partial charge < -0.3 is 16.0 Å². The lowest BCUT2D eigenvalue weighted by Crippen LogP contribution is -2.47. The van der Waals surface area contributed by atoms with Gasteiger partial charge in [-0.25, -0.2) is 4.79 Å². The van der Waals surface area contributed by atoms with Crippen LogP contribution in [0, 0.1) is 19.8 Å². The van der Waals surface area contributed by atoms with E-state index in [-0.39, 0.29) is 11.8 Å². The highest BCUT2D eigenvalue weighted by atomic mass is 16.2. The molecule has 0 aliphatic carbocycles. The summed E-state index contributed by atoms with van der Waals surface area (Å²) in [6.07, 6.45) is 1.58. The number of amides is 3. The molecule has 1 atom stereocenters. The van der Waals surface area contributed by atoms with Crippen LogP contribution in [0.3, 0.4) is 0 Å². The summed E-state index contributed by atoms with van der Waals surface area (Å²) in [4.78, 5) is 25.4. The maximum Gasteiger partial charge on any atom is 0.314 e. The molecule has 1 saturated heterocycles. The second-order valence-corrected chi connectivity index (χ2v) is 7.13. The van der Waals surface area contributed by atoms with Crippen molar-refractivity contribution in [1.29, 1.82) is 0 Å². The van der Waals surface area contributed by atoms with Crippen LogP contribution >= 0.6 is 0 Å². The Balaban J connectivity index is 1.62. The Kier molecular flexibility index (Phi) is 5.78. The molecule has 3 rings (SSSR count). The van der Waals surface area contributed by atoms with Crippen LogP contribution in [0.4, 0.5) is 4.79 Å². The van der Waals surface area contributed by atoms with Crippen LogP contribution < -0.4 is 11.1 Å². The van der Waals surface area contributed by atoms with Crippen molar-refractivity contribution in [2.45, 2.75) is 39.8 Å². The van der Waals surface area contributed by atoms with E-state index in [0.717, 1.165) is 29.8 Å². The zero-order valence-corrected chi connectivity index (χ0v) is 15.9. The van der Waals surface area contributed by atoms with Gasteiger partial charge in [0.1, 0.15) is 0 Å². The number of urea groups is 1. The fourth-order valence-corrected chi connectivity index (χ4v) is 3.61. The van der Waals surface area contributed by atoms with Crippen LogP contribution in [0.1, 0.15) is 35.4 Å². The molecule has 1 fully saturated rings. The standard InChI is InChI=1S/C20H27N5O2/c1-14-18(15(2)25(23-14)12-16-7-4-3-5-8-16)11-22-19(26)17-9-6-10-24(13-17)20(21)27/h3-5,7-8,17H,6,9-13H2,1-2H3,(H2,21,27)(H,22,26)/t17-/m1/s1. The number of likely N-dealkylation sites (tertiary alicyclic amines) is 1. The van der Waals surface area contributed by atoms with Crippen LogP contribution in [-0.4, -0.2) is 39.7 Å². The van der Waals surface area contributed by atoms with Gasteiger partial charge >= 0.3 is 6.03 Å². The van der Waals surface area contributed by atoms with Crippen molar-refractivity contribution in [3.8, 4) is 0 Å². The van der Waals surface area contributed by atoms with E-state index in [0.29, 0.717) is 26.2 Å². The summed E-state index contributed by atoms with van der Waals surface area (Å²) >= 11 is 0. The Labute approximate surface area is 159 Å². The molecule has 144 valence electrons. The van der Waals surface area contributed by atoms with Crippen molar-refractivity contribution < 1.29 is 9.59 Å². The predicted octanol–water partition coefficient (Wildman–Crippen LogP) is 1.96. The predicted molar refractivity (Wildman–Crippen MR) is 103 cm³/mol. The number of nitrogens with zero attached hydrogens (tertiary/aromatic N) is 3. The van der Waals surface area contributed by atoms with E-state index in [2.05, 4.69) is 22.5 Å². The molecule has 3 amide bonds. The molecule has 1 aromatic heterocycles. The van der Waals surface area contributed by atoms with Crippen molar-refractivity contribution in [3.63, 3.8) is 0 Å². The number of hydrogen-bond donors (Lipinski definition) is 2. The highest BCUT2D eigenvalue weighted by molar-refractivity contribution is 5.80. The molecule has 7 nitrogen and oxygen atoms in total. The first kappa shape index (κ1) is 18.9. The molecule has 0 saturated carbocycles. The molecular formula is C20H27N5O2. The lowest BCUT2D eigenvalue weighted by molar-refractivity contribution is -0.126. The van der Waals surface area contributed by atoms with E-state index in [1.807, 2.05) is 36.7 Å². The zero-order chi connectivity index (χ0) is 19.4. The second kappa shape index (κ2) is 8.24. The average Bonchev–Trinajstić information content (AvgIpc) is 2.93. The molecule has 1 aliphatic rings. The lowest BCUT2D eigenvalue weighted by Gasteiger charge is -2.30. The zero-order valence-electron chi connectivity index (χ0n) is 15.9.